The fourth-order valence-corrected chi connectivity index (χ4v) is 2.43. The first-order valence-electron chi connectivity index (χ1n) is 7.83. The van der Waals surface area contributed by atoms with E-state index in [-0.39, 0.29) is 24.2 Å². The minimum absolute atomic E-state index is 0. The molecule has 130 valence electrons. The van der Waals surface area contributed by atoms with E-state index in [0.717, 1.165) is 23.4 Å². The minimum atomic E-state index is 0. The Morgan fingerprint density at radius 2 is 1.75 bits per heavy atom. The lowest BCUT2D eigenvalue weighted by atomic mass is 9.97. The van der Waals surface area contributed by atoms with Gasteiger partial charge in [0.2, 0.25) is 5.91 Å². The Bertz CT molecular complexity index is 627. The summed E-state index contributed by atoms with van der Waals surface area (Å²) in [6.07, 6.45) is 1.29. The first-order valence-corrected chi connectivity index (χ1v) is 7.83. The van der Waals surface area contributed by atoms with Crippen LogP contribution in [0.1, 0.15) is 30.4 Å². The quantitative estimate of drug-likeness (QED) is 0.752. The second kappa shape index (κ2) is 9.83. The van der Waals surface area contributed by atoms with Crippen LogP contribution in [-0.4, -0.2) is 19.6 Å². The number of anilines is 1. The van der Waals surface area contributed by atoms with Crippen LogP contribution in [0.25, 0.3) is 0 Å². The molecule has 0 bridgehead atoms. The van der Waals surface area contributed by atoms with Gasteiger partial charge in [0.05, 0.1) is 7.11 Å². The molecule has 5 heteroatoms. The molecule has 0 radical (unpaired) electrons. The summed E-state index contributed by atoms with van der Waals surface area (Å²) in [7, 11) is 1.65. The number of ether oxygens (including phenoxy) is 1. The summed E-state index contributed by atoms with van der Waals surface area (Å²) < 4.78 is 5.15. The zero-order chi connectivity index (χ0) is 16.7. The summed E-state index contributed by atoms with van der Waals surface area (Å²) in [5.41, 5.74) is 8.72. The van der Waals surface area contributed by atoms with Gasteiger partial charge in [-0.3, -0.25) is 4.79 Å². The molecular formula is C19H25ClN2O2. The monoisotopic (exact) mass is 348 g/mol. The van der Waals surface area contributed by atoms with Gasteiger partial charge in [-0.15, -0.1) is 12.4 Å². The van der Waals surface area contributed by atoms with Gasteiger partial charge >= 0.3 is 0 Å². The first-order chi connectivity index (χ1) is 11.1. The summed E-state index contributed by atoms with van der Waals surface area (Å²) in [6, 6.07) is 15.6. The van der Waals surface area contributed by atoms with Gasteiger partial charge in [-0.2, -0.15) is 0 Å². The zero-order valence-electron chi connectivity index (χ0n) is 14.1. The molecule has 1 unspecified atom stereocenters. The number of methoxy groups -OCH3 is 1. The van der Waals surface area contributed by atoms with E-state index in [4.69, 9.17) is 10.5 Å². The number of nitrogens with one attached hydrogen (secondary N) is 1. The van der Waals surface area contributed by atoms with Crippen molar-refractivity contribution in [2.24, 2.45) is 0 Å². The van der Waals surface area contributed by atoms with E-state index in [1.54, 1.807) is 7.11 Å². The Morgan fingerprint density at radius 1 is 1.12 bits per heavy atom. The Balaban J connectivity index is 0.00000288. The van der Waals surface area contributed by atoms with Gasteiger partial charge in [-0.25, -0.2) is 0 Å². The third kappa shape index (κ3) is 6.13. The van der Waals surface area contributed by atoms with Crippen molar-refractivity contribution >= 4 is 24.0 Å². The average Bonchev–Trinajstić information content (AvgIpc) is 2.56. The highest BCUT2D eigenvalue weighted by atomic mass is 35.5. The fourth-order valence-electron chi connectivity index (χ4n) is 2.43. The number of nitrogens with two attached hydrogens (primary N) is 1. The van der Waals surface area contributed by atoms with Crippen LogP contribution in [0.4, 0.5) is 5.69 Å². The minimum Gasteiger partial charge on any atom is -0.497 e. The van der Waals surface area contributed by atoms with Crippen molar-refractivity contribution in [3.05, 3.63) is 59.7 Å². The molecule has 0 aliphatic heterocycles. The summed E-state index contributed by atoms with van der Waals surface area (Å²) in [4.78, 5) is 12.0. The summed E-state index contributed by atoms with van der Waals surface area (Å²) in [5, 5.41) is 2.97. The number of benzene rings is 2. The van der Waals surface area contributed by atoms with Crippen molar-refractivity contribution in [2.45, 2.75) is 25.7 Å². The van der Waals surface area contributed by atoms with Gasteiger partial charge in [-0.1, -0.05) is 31.2 Å². The lowest BCUT2D eigenvalue weighted by molar-refractivity contribution is -0.121. The van der Waals surface area contributed by atoms with Crippen molar-refractivity contribution in [2.75, 3.05) is 19.4 Å². The van der Waals surface area contributed by atoms with Crippen molar-refractivity contribution < 1.29 is 9.53 Å². The molecule has 24 heavy (non-hydrogen) atoms. The molecular weight excluding hydrogens is 324 g/mol. The van der Waals surface area contributed by atoms with E-state index in [9.17, 15) is 4.79 Å². The number of hydrogen-bond acceptors (Lipinski definition) is 3. The zero-order valence-corrected chi connectivity index (χ0v) is 14.9. The van der Waals surface area contributed by atoms with Gasteiger partial charge in [0.15, 0.2) is 0 Å². The molecule has 0 saturated heterocycles. The molecule has 0 aliphatic rings. The molecule has 1 amide bonds. The predicted octanol–water partition coefficient (Wildman–Crippen LogP) is 3.55. The summed E-state index contributed by atoms with van der Waals surface area (Å²) >= 11 is 0. The van der Waals surface area contributed by atoms with Crippen LogP contribution in [0.3, 0.4) is 0 Å². The number of hydrogen-bond donors (Lipinski definition) is 2. The van der Waals surface area contributed by atoms with Crippen molar-refractivity contribution in [1.29, 1.82) is 0 Å². The maximum absolute atomic E-state index is 12.0. The molecule has 2 aromatic rings. The van der Waals surface area contributed by atoms with Crippen LogP contribution in [-0.2, 0) is 11.2 Å². The number of carbonyl (C=O) groups excluding carboxylic acids is 1. The van der Waals surface area contributed by atoms with Gasteiger partial charge < -0.3 is 15.8 Å². The SMILES string of the molecule is COc1ccc(C(C)CC(=O)NCCc2ccc(N)cc2)cc1.Cl. The standard InChI is InChI=1S/C19H24N2O2.ClH/c1-14(16-5-9-18(23-2)10-6-16)13-19(22)21-12-11-15-3-7-17(20)8-4-15;/h3-10,14H,11-13,20H2,1-2H3,(H,21,22);1H. The Hall–Kier alpha value is -2.20. The fraction of sp³-hybridized carbons (Fsp3) is 0.316. The highest BCUT2D eigenvalue weighted by Gasteiger charge is 2.11. The van der Waals surface area contributed by atoms with Crippen molar-refractivity contribution in [1.82, 2.24) is 5.32 Å². The van der Waals surface area contributed by atoms with Crippen LogP contribution in [0, 0.1) is 0 Å². The Labute approximate surface area is 149 Å². The van der Waals surface area contributed by atoms with Crippen LogP contribution < -0.4 is 15.8 Å². The first kappa shape index (κ1) is 19.8. The van der Waals surface area contributed by atoms with Crippen LogP contribution >= 0.6 is 12.4 Å². The van der Waals surface area contributed by atoms with Crippen LogP contribution in [0.15, 0.2) is 48.5 Å². The van der Waals surface area contributed by atoms with E-state index in [1.165, 1.54) is 5.56 Å². The molecule has 0 spiro atoms. The molecule has 0 aromatic heterocycles. The molecule has 0 fully saturated rings. The van der Waals surface area contributed by atoms with Crippen molar-refractivity contribution in [3.63, 3.8) is 0 Å². The number of rotatable bonds is 7. The van der Waals surface area contributed by atoms with Crippen LogP contribution in [0.2, 0.25) is 0 Å². The van der Waals surface area contributed by atoms with E-state index in [2.05, 4.69) is 12.2 Å². The van der Waals surface area contributed by atoms with E-state index >= 15 is 0 Å². The third-order valence-corrected chi connectivity index (χ3v) is 3.89. The normalized spacial score (nSPS) is 11.2. The second-order valence-corrected chi connectivity index (χ2v) is 5.72. The van der Waals surface area contributed by atoms with Gasteiger partial charge in [-0.05, 0) is 47.7 Å². The molecule has 2 rings (SSSR count). The molecule has 4 nitrogen and oxygen atoms in total. The van der Waals surface area contributed by atoms with Gasteiger partial charge in [0, 0.05) is 18.7 Å². The van der Waals surface area contributed by atoms with Gasteiger partial charge in [0.1, 0.15) is 5.75 Å². The Kier molecular flexibility index (Phi) is 8.13. The van der Waals surface area contributed by atoms with E-state index in [0.29, 0.717) is 13.0 Å². The summed E-state index contributed by atoms with van der Waals surface area (Å²) in [6.45, 7) is 2.69. The maximum Gasteiger partial charge on any atom is 0.220 e. The van der Waals surface area contributed by atoms with E-state index < -0.39 is 0 Å². The summed E-state index contributed by atoms with van der Waals surface area (Å²) in [5.74, 6) is 1.08. The largest absolute Gasteiger partial charge is 0.497 e. The maximum atomic E-state index is 12.0. The van der Waals surface area contributed by atoms with Crippen LogP contribution in [0.5, 0.6) is 5.75 Å². The highest BCUT2D eigenvalue weighted by molar-refractivity contribution is 5.85. The number of halogens is 1. The average molecular weight is 349 g/mol. The smallest absolute Gasteiger partial charge is 0.220 e. The second-order valence-electron chi connectivity index (χ2n) is 5.72. The van der Waals surface area contributed by atoms with Crippen molar-refractivity contribution in [3.8, 4) is 5.75 Å². The highest BCUT2D eigenvalue weighted by Crippen LogP contribution is 2.21. The number of carbonyl (C=O) groups is 1. The predicted molar refractivity (Wildman–Crippen MR) is 101 cm³/mol. The number of nitrogen functional groups attached to an aromatic ring is 1. The van der Waals surface area contributed by atoms with Gasteiger partial charge in [0.25, 0.3) is 0 Å². The lowest BCUT2D eigenvalue weighted by Crippen LogP contribution is -2.26. The molecule has 1 atom stereocenters. The molecule has 0 saturated carbocycles. The topological polar surface area (TPSA) is 64.3 Å². The molecule has 0 heterocycles. The third-order valence-electron chi connectivity index (χ3n) is 3.89. The molecule has 3 N–H and O–H groups in total. The number of amides is 1. The molecule has 0 aliphatic carbocycles. The molecule has 2 aromatic carbocycles. The van der Waals surface area contributed by atoms with E-state index in [1.807, 2.05) is 48.5 Å². The Morgan fingerprint density at radius 3 is 2.33 bits per heavy atom. The lowest BCUT2D eigenvalue weighted by Gasteiger charge is -2.13.